The second kappa shape index (κ2) is 8.22. The first-order valence-electron chi connectivity index (χ1n) is 12.2. The van der Waals surface area contributed by atoms with Crippen molar-refractivity contribution in [1.82, 2.24) is 4.90 Å². The Morgan fingerprint density at radius 3 is 1.76 bits per heavy atom. The summed E-state index contributed by atoms with van der Waals surface area (Å²) < 4.78 is 0. The van der Waals surface area contributed by atoms with Crippen LogP contribution in [0, 0.1) is 6.92 Å². The molecule has 1 fully saturated rings. The fourth-order valence-corrected chi connectivity index (χ4v) is 6.30. The van der Waals surface area contributed by atoms with Crippen LogP contribution in [0.15, 0.2) is 128 Å². The molecule has 4 aromatic carbocycles. The van der Waals surface area contributed by atoms with E-state index in [0.29, 0.717) is 0 Å². The molecular formula is C32H30N2. The maximum absolute atomic E-state index is 2.64. The summed E-state index contributed by atoms with van der Waals surface area (Å²) in [4.78, 5) is 5.24. The molecule has 34 heavy (non-hydrogen) atoms. The van der Waals surface area contributed by atoms with Gasteiger partial charge in [-0.3, -0.25) is 0 Å². The van der Waals surface area contributed by atoms with Crippen LogP contribution in [0.2, 0.25) is 0 Å². The van der Waals surface area contributed by atoms with Crippen LogP contribution < -0.4 is 4.90 Å². The largest absolute Gasteiger partial charge is 0.347 e. The van der Waals surface area contributed by atoms with Crippen LogP contribution in [0.3, 0.4) is 0 Å². The molecule has 3 atom stereocenters. The third kappa shape index (κ3) is 3.02. The molecule has 2 aliphatic rings. The van der Waals surface area contributed by atoms with Crippen LogP contribution in [0.5, 0.6) is 0 Å². The Morgan fingerprint density at radius 2 is 1.18 bits per heavy atom. The highest BCUT2D eigenvalue weighted by Crippen LogP contribution is 2.54. The number of nitrogens with zero attached hydrogens (tertiary/aromatic N) is 2. The SMILES string of the molecule is Cc1ccccc1N1C(c2ccccc2)N2C=CC(c3ccccc3)(c3ccccc3)C2[C@@H]1C. The van der Waals surface area contributed by atoms with Crippen LogP contribution in [-0.2, 0) is 5.41 Å². The van der Waals surface area contributed by atoms with E-state index < -0.39 is 0 Å². The Labute approximate surface area is 202 Å². The standard InChI is InChI=1S/C32H30N2/c1-24-14-12-13-21-29(24)34-25(2)30-32(27-17-8-4-9-18-27,28-19-10-5-11-20-28)22-23-33(30)31(34)26-15-6-3-7-16-26/h3-23,25,30-31H,1-2H3/t25-,30?,31?/m0/s1. The maximum atomic E-state index is 2.64. The molecule has 0 N–H and O–H groups in total. The predicted molar refractivity (Wildman–Crippen MR) is 141 cm³/mol. The number of aryl methyl sites for hydroxylation is 1. The van der Waals surface area contributed by atoms with Gasteiger partial charge in [-0.1, -0.05) is 115 Å². The molecular weight excluding hydrogens is 412 g/mol. The minimum Gasteiger partial charge on any atom is -0.347 e. The van der Waals surface area contributed by atoms with Crippen molar-refractivity contribution in [3.63, 3.8) is 0 Å². The van der Waals surface area contributed by atoms with Crippen molar-refractivity contribution < 1.29 is 0 Å². The topological polar surface area (TPSA) is 6.48 Å². The molecule has 0 aliphatic carbocycles. The van der Waals surface area contributed by atoms with Gasteiger partial charge in [0.25, 0.3) is 0 Å². The molecule has 0 bridgehead atoms. The zero-order valence-corrected chi connectivity index (χ0v) is 19.8. The monoisotopic (exact) mass is 442 g/mol. The fourth-order valence-electron chi connectivity index (χ4n) is 6.30. The van der Waals surface area contributed by atoms with Crippen LogP contribution in [0.25, 0.3) is 0 Å². The lowest BCUT2D eigenvalue weighted by Crippen LogP contribution is -2.47. The van der Waals surface area contributed by atoms with E-state index >= 15 is 0 Å². The quantitative estimate of drug-likeness (QED) is 0.333. The average Bonchev–Trinajstić information content (AvgIpc) is 3.43. The highest BCUT2D eigenvalue weighted by molar-refractivity contribution is 5.61. The number of benzene rings is 4. The summed E-state index contributed by atoms with van der Waals surface area (Å²) in [6.07, 6.45) is 4.94. The van der Waals surface area contributed by atoms with Gasteiger partial charge in [0, 0.05) is 5.69 Å². The predicted octanol–water partition coefficient (Wildman–Crippen LogP) is 7.09. The van der Waals surface area contributed by atoms with Gasteiger partial charge in [-0.2, -0.15) is 0 Å². The van der Waals surface area contributed by atoms with E-state index in [1.807, 2.05) is 0 Å². The third-order valence-electron chi connectivity index (χ3n) is 7.73. The lowest BCUT2D eigenvalue weighted by molar-refractivity contribution is 0.253. The van der Waals surface area contributed by atoms with E-state index in [1.165, 1.54) is 27.9 Å². The maximum Gasteiger partial charge on any atom is 0.128 e. The van der Waals surface area contributed by atoms with Crippen molar-refractivity contribution in [2.45, 2.75) is 37.5 Å². The van der Waals surface area contributed by atoms with Crippen molar-refractivity contribution in [1.29, 1.82) is 0 Å². The van der Waals surface area contributed by atoms with Gasteiger partial charge < -0.3 is 9.80 Å². The van der Waals surface area contributed by atoms with Crippen molar-refractivity contribution in [2.75, 3.05) is 4.90 Å². The molecule has 2 aliphatic heterocycles. The number of hydrogen-bond donors (Lipinski definition) is 0. The smallest absolute Gasteiger partial charge is 0.128 e. The Balaban J connectivity index is 1.58. The summed E-state index contributed by atoms with van der Waals surface area (Å²) >= 11 is 0. The van der Waals surface area contributed by atoms with Crippen LogP contribution >= 0.6 is 0 Å². The van der Waals surface area contributed by atoms with E-state index in [-0.39, 0.29) is 23.7 Å². The molecule has 1 saturated heterocycles. The number of para-hydroxylation sites is 1. The first-order chi connectivity index (χ1) is 16.7. The molecule has 0 aromatic heterocycles. The summed E-state index contributed by atoms with van der Waals surface area (Å²) in [7, 11) is 0. The lowest BCUT2D eigenvalue weighted by atomic mass is 9.68. The molecule has 2 unspecified atom stereocenters. The third-order valence-corrected chi connectivity index (χ3v) is 7.73. The van der Waals surface area contributed by atoms with Gasteiger partial charge in [-0.05, 0) is 48.4 Å². The molecule has 2 heterocycles. The number of rotatable bonds is 4. The summed E-state index contributed by atoms with van der Waals surface area (Å²) in [5, 5.41) is 0. The summed E-state index contributed by atoms with van der Waals surface area (Å²) in [6.45, 7) is 4.63. The molecule has 0 spiro atoms. The van der Waals surface area contributed by atoms with E-state index in [2.05, 4.69) is 151 Å². The van der Waals surface area contributed by atoms with Crippen LogP contribution in [-0.4, -0.2) is 17.0 Å². The summed E-state index contributed by atoms with van der Waals surface area (Å²) in [5.41, 5.74) is 6.39. The Kier molecular flexibility index (Phi) is 5.03. The van der Waals surface area contributed by atoms with Crippen molar-refractivity contribution in [3.8, 4) is 0 Å². The molecule has 4 aromatic rings. The van der Waals surface area contributed by atoms with E-state index in [4.69, 9.17) is 0 Å². The molecule has 0 saturated carbocycles. The highest BCUT2D eigenvalue weighted by atomic mass is 15.5. The van der Waals surface area contributed by atoms with Gasteiger partial charge in [-0.15, -0.1) is 0 Å². The first kappa shape index (κ1) is 20.8. The second-order valence-corrected chi connectivity index (χ2v) is 9.53. The first-order valence-corrected chi connectivity index (χ1v) is 12.2. The van der Waals surface area contributed by atoms with Crippen LogP contribution in [0.4, 0.5) is 5.69 Å². The zero-order chi connectivity index (χ0) is 23.1. The minimum absolute atomic E-state index is 0.132. The highest BCUT2D eigenvalue weighted by Gasteiger charge is 2.57. The Morgan fingerprint density at radius 1 is 0.647 bits per heavy atom. The van der Waals surface area contributed by atoms with Crippen molar-refractivity contribution in [3.05, 3.63) is 150 Å². The van der Waals surface area contributed by atoms with Crippen LogP contribution in [0.1, 0.15) is 35.3 Å². The van der Waals surface area contributed by atoms with E-state index in [9.17, 15) is 0 Å². The van der Waals surface area contributed by atoms with Crippen molar-refractivity contribution >= 4 is 5.69 Å². The lowest BCUT2D eigenvalue weighted by Gasteiger charge is -2.39. The fraction of sp³-hybridized carbons (Fsp3) is 0.188. The Bertz CT molecular complexity index is 1260. The van der Waals surface area contributed by atoms with E-state index in [1.54, 1.807) is 0 Å². The normalized spacial score (nSPS) is 22.7. The zero-order valence-electron chi connectivity index (χ0n) is 19.8. The summed E-state index contributed by atoms with van der Waals surface area (Å²) in [5.74, 6) is 0. The second-order valence-electron chi connectivity index (χ2n) is 9.53. The molecule has 0 radical (unpaired) electrons. The van der Waals surface area contributed by atoms with Gasteiger partial charge in [0.2, 0.25) is 0 Å². The molecule has 168 valence electrons. The average molecular weight is 443 g/mol. The molecule has 2 heteroatoms. The van der Waals surface area contributed by atoms with Crippen molar-refractivity contribution in [2.24, 2.45) is 0 Å². The van der Waals surface area contributed by atoms with E-state index in [0.717, 1.165) is 0 Å². The number of hydrogen-bond acceptors (Lipinski definition) is 2. The van der Waals surface area contributed by atoms with Gasteiger partial charge in [0.1, 0.15) is 6.17 Å². The van der Waals surface area contributed by atoms with Gasteiger partial charge in [-0.25, -0.2) is 0 Å². The molecule has 2 nitrogen and oxygen atoms in total. The minimum atomic E-state index is -0.230. The summed E-state index contributed by atoms with van der Waals surface area (Å²) in [6, 6.07) is 42.4. The number of anilines is 1. The Hall–Kier alpha value is -3.78. The number of fused-ring (bicyclic) bond motifs is 1. The van der Waals surface area contributed by atoms with Gasteiger partial charge in [0.05, 0.1) is 17.5 Å². The van der Waals surface area contributed by atoms with Gasteiger partial charge in [0.15, 0.2) is 0 Å². The molecule has 6 rings (SSSR count). The van der Waals surface area contributed by atoms with Gasteiger partial charge >= 0.3 is 0 Å². The molecule has 0 amide bonds.